The number of nitrogens with zero attached hydrogens (tertiary/aromatic N) is 1. The quantitative estimate of drug-likeness (QED) is 0.120. The summed E-state index contributed by atoms with van der Waals surface area (Å²) >= 11 is 0. The molecule has 0 aliphatic heterocycles. The van der Waals surface area contributed by atoms with Crippen molar-refractivity contribution in [2.75, 3.05) is 39.3 Å². The Morgan fingerprint density at radius 1 is 0.727 bits per heavy atom. The summed E-state index contributed by atoms with van der Waals surface area (Å²) in [5, 5.41) is -5.84. The molecule has 0 spiro atoms. The number of halogens is 6. The van der Waals surface area contributed by atoms with Crippen LogP contribution in [0.25, 0.3) is 0 Å². The Bertz CT molecular complexity index is 868. The molecule has 0 bridgehead atoms. The van der Waals surface area contributed by atoms with E-state index in [1.54, 1.807) is 5.32 Å². The van der Waals surface area contributed by atoms with Crippen LogP contribution in [-0.2, 0) is 34.6 Å². The molecule has 0 saturated heterocycles. The van der Waals surface area contributed by atoms with Crippen LogP contribution in [0.4, 0.5) is 26.3 Å². The van der Waals surface area contributed by atoms with Crippen LogP contribution in [0, 0.1) is 0 Å². The highest BCUT2D eigenvalue weighted by atomic mass is 32.2. The highest BCUT2D eigenvalue weighted by Crippen LogP contribution is 2.21. The molecule has 0 saturated carbocycles. The Morgan fingerprint density at radius 3 is 1.30 bits per heavy atom. The van der Waals surface area contributed by atoms with Gasteiger partial charge in [0.15, 0.2) is 0 Å². The van der Waals surface area contributed by atoms with Crippen molar-refractivity contribution >= 4 is 38.0 Å². The number of carbonyl (C=O) groups is 3. The van der Waals surface area contributed by atoms with Crippen LogP contribution in [0.5, 0.6) is 0 Å². The smallest absolute Gasteiger partial charge is 0.350 e. The Balaban J connectivity index is 5.00. The third-order valence-electron chi connectivity index (χ3n) is 3.53. The fourth-order valence-electron chi connectivity index (χ4n) is 1.84. The van der Waals surface area contributed by atoms with E-state index in [1.165, 1.54) is 10.6 Å². The molecule has 0 fully saturated rings. The zero-order chi connectivity index (χ0) is 26.3. The summed E-state index contributed by atoms with van der Waals surface area (Å²) in [7, 11) is -12.2. The molecule has 21 heteroatoms. The van der Waals surface area contributed by atoms with Crippen LogP contribution in [-0.4, -0.2) is 105 Å². The van der Waals surface area contributed by atoms with Gasteiger partial charge in [-0.15, -0.1) is 0 Å². The summed E-state index contributed by atoms with van der Waals surface area (Å²) in [6.07, 6.45) is -3.39. The molecule has 0 radical (unpaired) electrons. The molecule has 0 unspecified atom stereocenters. The van der Waals surface area contributed by atoms with E-state index < -0.39 is 94.2 Å². The molecule has 0 heterocycles. The average Bonchev–Trinajstić information content (AvgIpc) is 2.65. The molecule has 13 nitrogen and oxygen atoms in total. The Hall–Kier alpha value is -2.23. The first-order valence-electron chi connectivity index (χ1n) is 8.29. The van der Waals surface area contributed by atoms with Crippen LogP contribution >= 0.6 is 0 Å². The number of carbonyl (C=O) groups excluding carboxylic acids is 3. The lowest BCUT2D eigenvalue weighted by atomic mass is 10.4. The lowest BCUT2D eigenvalue weighted by molar-refractivity contribution is -0.136. The number of hydrogen-bond acceptors (Lipinski definition) is 8. The summed E-state index contributed by atoms with van der Waals surface area (Å²) in [5.41, 5.74) is 0. The third kappa shape index (κ3) is 9.27. The van der Waals surface area contributed by atoms with E-state index >= 15 is 0 Å². The molecular weight excluding hydrogens is 522 g/mol. The standard InChI is InChI=1S/C12H18F6N4O9S2/c13-7(14)8(23)19-1-4-22(5-2-20-9(24)11(15,16)32(26,27)28)6-3-21-10(25)12(17,18)33(29,30)31/h7H,1-6H2,(H,19,23)(H,20,24)(H,21,25)(H,26,27,28)(H,29,30,31). The summed E-state index contributed by atoms with van der Waals surface area (Å²) in [4.78, 5) is 34.2. The zero-order valence-electron chi connectivity index (χ0n) is 16.1. The molecule has 0 aliphatic carbocycles. The van der Waals surface area contributed by atoms with Gasteiger partial charge in [-0.25, -0.2) is 0 Å². The van der Waals surface area contributed by atoms with Gasteiger partial charge in [0.05, 0.1) is 0 Å². The second-order valence-corrected chi connectivity index (χ2v) is 8.85. The number of amides is 3. The third-order valence-corrected chi connectivity index (χ3v) is 5.20. The topological polar surface area (TPSA) is 199 Å². The molecule has 0 aliphatic rings. The van der Waals surface area contributed by atoms with Gasteiger partial charge in [-0.1, -0.05) is 0 Å². The monoisotopic (exact) mass is 540 g/mol. The first-order chi connectivity index (χ1) is 14.7. The van der Waals surface area contributed by atoms with Gasteiger partial charge < -0.3 is 16.0 Å². The maximum Gasteiger partial charge on any atom is 0.446 e. The normalized spacial score (nSPS) is 13.2. The van der Waals surface area contributed by atoms with Gasteiger partial charge in [0.1, 0.15) is 0 Å². The van der Waals surface area contributed by atoms with E-state index in [4.69, 9.17) is 9.11 Å². The van der Waals surface area contributed by atoms with Crippen molar-refractivity contribution in [3.63, 3.8) is 0 Å². The van der Waals surface area contributed by atoms with E-state index in [9.17, 15) is 57.6 Å². The SMILES string of the molecule is O=C(NCCN(CCNC(=O)C(F)(F)S(=O)(=O)O)CCNC(=O)C(F)(F)S(=O)(=O)O)C(F)F. The largest absolute Gasteiger partial charge is 0.446 e. The van der Waals surface area contributed by atoms with E-state index in [1.807, 2.05) is 0 Å². The van der Waals surface area contributed by atoms with Gasteiger partial charge in [-0.3, -0.25) is 28.4 Å². The highest BCUT2D eigenvalue weighted by Gasteiger charge is 2.52. The molecule has 0 rings (SSSR count). The number of rotatable bonds is 14. The van der Waals surface area contributed by atoms with Gasteiger partial charge in [0.2, 0.25) is 0 Å². The van der Waals surface area contributed by atoms with Gasteiger partial charge >= 0.3 is 49.0 Å². The zero-order valence-corrected chi connectivity index (χ0v) is 17.7. The predicted octanol–water partition coefficient (Wildman–Crippen LogP) is -2.14. The molecule has 0 aromatic rings. The molecule has 0 aromatic heterocycles. The van der Waals surface area contributed by atoms with Crippen LogP contribution < -0.4 is 16.0 Å². The molecule has 194 valence electrons. The second kappa shape index (κ2) is 11.8. The number of hydrogen-bond donors (Lipinski definition) is 5. The Kier molecular flexibility index (Phi) is 11.0. The minimum Gasteiger partial charge on any atom is -0.350 e. The first kappa shape index (κ1) is 30.8. The molecule has 5 N–H and O–H groups in total. The van der Waals surface area contributed by atoms with E-state index in [2.05, 4.69) is 0 Å². The fraction of sp³-hybridized carbons (Fsp3) is 0.750. The molecule has 0 aromatic carbocycles. The van der Waals surface area contributed by atoms with Crippen molar-refractivity contribution in [2.24, 2.45) is 0 Å². The van der Waals surface area contributed by atoms with Crippen molar-refractivity contribution in [3.8, 4) is 0 Å². The van der Waals surface area contributed by atoms with Crippen LogP contribution in [0.2, 0.25) is 0 Å². The van der Waals surface area contributed by atoms with Gasteiger partial charge in [-0.05, 0) is 0 Å². The lowest BCUT2D eigenvalue weighted by Crippen LogP contribution is -2.50. The Labute approximate surface area is 182 Å². The van der Waals surface area contributed by atoms with Crippen LogP contribution in [0.15, 0.2) is 0 Å². The van der Waals surface area contributed by atoms with Crippen molar-refractivity contribution in [1.29, 1.82) is 0 Å². The maximum atomic E-state index is 13.1. The first-order valence-corrected chi connectivity index (χ1v) is 11.2. The summed E-state index contributed by atoms with van der Waals surface area (Å²) in [5.74, 6) is -6.56. The van der Waals surface area contributed by atoms with E-state index in [0.717, 1.165) is 4.90 Å². The predicted molar refractivity (Wildman–Crippen MR) is 94.5 cm³/mol. The summed E-state index contributed by atoms with van der Waals surface area (Å²) in [6.45, 7) is -3.49. The maximum absolute atomic E-state index is 13.1. The number of nitrogens with one attached hydrogen (secondary N) is 3. The average molecular weight is 540 g/mol. The van der Waals surface area contributed by atoms with E-state index in [-0.39, 0.29) is 0 Å². The van der Waals surface area contributed by atoms with Crippen molar-refractivity contribution < 1.29 is 66.7 Å². The van der Waals surface area contributed by atoms with E-state index in [0.29, 0.717) is 0 Å². The summed E-state index contributed by atoms with van der Waals surface area (Å²) < 4.78 is 135. The second-order valence-electron chi connectivity index (χ2n) is 5.93. The van der Waals surface area contributed by atoms with Gasteiger partial charge in [0.25, 0.3) is 5.91 Å². The minimum absolute atomic E-state index is 0.395. The Morgan fingerprint density at radius 2 is 1.03 bits per heavy atom. The van der Waals surface area contributed by atoms with Crippen molar-refractivity contribution in [2.45, 2.75) is 16.9 Å². The summed E-state index contributed by atoms with van der Waals surface area (Å²) in [6, 6.07) is 0. The molecule has 3 amide bonds. The fourth-order valence-corrected chi connectivity index (χ4v) is 2.46. The molecular formula is C12H18F6N4O9S2. The minimum atomic E-state index is -6.10. The van der Waals surface area contributed by atoms with Crippen molar-refractivity contribution in [3.05, 3.63) is 0 Å². The van der Waals surface area contributed by atoms with Gasteiger partial charge in [-0.2, -0.15) is 43.2 Å². The molecule has 33 heavy (non-hydrogen) atoms. The molecule has 0 atom stereocenters. The van der Waals surface area contributed by atoms with Gasteiger partial charge in [0, 0.05) is 39.3 Å². The van der Waals surface area contributed by atoms with Crippen LogP contribution in [0.3, 0.4) is 0 Å². The number of alkyl halides is 6. The van der Waals surface area contributed by atoms with Crippen LogP contribution in [0.1, 0.15) is 0 Å². The highest BCUT2D eigenvalue weighted by molar-refractivity contribution is 7.88. The lowest BCUT2D eigenvalue weighted by Gasteiger charge is -2.23. The van der Waals surface area contributed by atoms with Crippen molar-refractivity contribution in [1.82, 2.24) is 20.9 Å².